The van der Waals surface area contributed by atoms with Gasteiger partial charge in [-0.1, -0.05) is 30.3 Å². The van der Waals surface area contributed by atoms with E-state index in [2.05, 4.69) is 5.32 Å². The summed E-state index contributed by atoms with van der Waals surface area (Å²) >= 11 is 1.05. The Balaban J connectivity index is 1.65. The van der Waals surface area contributed by atoms with Gasteiger partial charge in [0.1, 0.15) is 10.9 Å². The van der Waals surface area contributed by atoms with Gasteiger partial charge in [0.15, 0.2) is 5.37 Å². The number of nitrogens with zero attached hydrogens (tertiary/aromatic N) is 1. The number of nitrogens with two attached hydrogens (primary N) is 1. The van der Waals surface area contributed by atoms with E-state index in [0.29, 0.717) is 19.6 Å². The first kappa shape index (κ1) is 22.6. The molecule has 2 saturated heterocycles. The van der Waals surface area contributed by atoms with Crippen LogP contribution < -0.4 is 11.1 Å². The van der Waals surface area contributed by atoms with Crippen molar-refractivity contribution in [1.29, 1.82) is 0 Å². The molecule has 3 rings (SSSR count). The number of benzene rings is 1. The molecule has 2 aliphatic rings. The van der Waals surface area contributed by atoms with E-state index in [9.17, 15) is 19.5 Å². The molecule has 0 saturated carbocycles. The predicted molar refractivity (Wildman–Crippen MR) is 113 cm³/mol. The molecule has 1 unspecified atom stereocenters. The van der Waals surface area contributed by atoms with E-state index in [1.54, 1.807) is 6.92 Å². The van der Waals surface area contributed by atoms with E-state index in [0.717, 1.165) is 30.2 Å². The van der Waals surface area contributed by atoms with Gasteiger partial charge < -0.3 is 25.8 Å². The van der Waals surface area contributed by atoms with Gasteiger partial charge in [0.25, 0.3) is 11.8 Å². The van der Waals surface area contributed by atoms with Gasteiger partial charge in [0.05, 0.1) is 6.10 Å². The van der Waals surface area contributed by atoms with Crippen LogP contribution in [-0.4, -0.2) is 69.8 Å². The van der Waals surface area contributed by atoms with Gasteiger partial charge in [0.2, 0.25) is 5.91 Å². The molecule has 4 N–H and O–H groups in total. The van der Waals surface area contributed by atoms with Crippen molar-refractivity contribution in [3.63, 3.8) is 0 Å². The molecule has 2 fully saturated rings. The summed E-state index contributed by atoms with van der Waals surface area (Å²) in [6, 6.07) is 9.54. The van der Waals surface area contributed by atoms with Crippen LogP contribution in [0.1, 0.15) is 31.7 Å². The zero-order valence-corrected chi connectivity index (χ0v) is 17.9. The summed E-state index contributed by atoms with van der Waals surface area (Å²) in [6.07, 6.45) is 1.27. The number of hydrogen-bond acceptors (Lipinski definition) is 6. The Morgan fingerprint density at radius 2 is 2.10 bits per heavy atom. The molecular formula is C21H29N3O5S. The van der Waals surface area contributed by atoms with Crippen molar-refractivity contribution < 1.29 is 24.2 Å². The SMILES string of the molecule is C[C@]1(C(N)=O)CN(C(=O)[C@@H](O)CCc2ccccc2)[C@@H](C(=O)NCC2CCCO2)S1. The van der Waals surface area contributed by atoms with Crippen LogP contribution in [0.4, 0.5) is 0 Å². The fourth-order valence-corrected chi connectivity index (χ4v) is 4.97. The summed E-state index contributed by atoms with van der Waals surface area (Å²) in [5.74, 6) is -1.55. The van der Waals surface area contributed by atoms with Crippen LogP contribution in [0.15, 0.2) is 30.3 Å². The Hall–Kier alpha value is -2.10. The van der Waals surface area contributed by atoms with Crippen molar-refractivity contribution in [1.82, 2.24) is 10.2 Å². The summed E-state index contributed by atoms with van der Waals surface area (Å²) in [5.41, 5.74) is 6.54. The van der Waals surface area contributed by atoms with Crippen molar-refractivity contribution in [2.24, 2.45) is 5.73 Å². The van der Waals surface area contributed by atoms with Gasteiger partial charge in [-0.25, -0.2) is 0 Å². The van der Waals surface area contributed by atoms with E-state index < -0.39 is 28.0 Å². The maximum absolute atomic E-state index is 13.0. The molecular weight excluding hydrogens is 406 g/mol. The molecule has 0 aliphatic carbocycles. The molecule has 164 valence electrons. The number of carbonyl (C=O) groups is 3. The van der Waals surface area contributed by atoms with Crippen LogP contribution in [0.25, 0.3) is 0 Å². The van der Waals surface area contributed by atoms with Crippen molar-refractivity contribution in [3.8, 4) is 0 Å². The van der Waals surface area contributed by atoms with Crippen molar-refractivity contribution >= 4 is 29.5 Å². The largest absolute Gasteiger partial charge is 0.383 e. The quantitative estimate of drug-likeness (QED) is 0.544. The average Bonchev–Trinajstić information content (AvgIpc) is 3.39. The molecule has 8 nitrogen and oxygen atoms in total. The molecule has 2 heterocycles. The number of nitrogens with one attached hydrogen (secondary N) is 1. The summed E-state index contributed by atoms with van der Waals surface area (Å²) < 4.78 is 4.42. The molecule has 1 aromatic carbocycles. The van der Waals surface area contributed by atoms with Gasteiger partial charge in [-0.2, -0.15) is 0 Å². The molecule has 9 heteroatoms. The van der Waals surface area contributed by atoms with E-state index in [4.69, 9.17) is 10.5 Å². The third kappa shape index (κ3) is 5.33. The third-order valence-electron chi connectivity index (χ3n) is 5.52. The molecule has 4 atom stereocenters. The fourth-order valence-electron chi connectivity index (χ4n) is 3.65. The van der Waals surface area contributed by atoms with E-state index in [-0.39, 0.29) is 25.0 Å². The number of rotatable bonds is 8. The molecule has 0 bridgehead atoms. The second kappa shape index (κ2) is 9.80. The molecule has 1 aromatic rings. The number of thioether (sulfide) groups is 1. The molecule has 30 heavy (non-hydrogen) atoms. The normalized spacial score (nSPS) is 27.1. The van der Waals surface area contributed by atoms with E-state index in [1.165, 1.54) is 4.90 Å². The predicted octanol–water partition coefficient (Wildman–Crippen LogP) is 0.421. The Bertz CT molecular complexity index is 771. The highest BCUT2D eigenvalue weighted by Gasteiger charge is 2.51. The van der Waals surface area contributed by atoms with E-state index in [1.807, 2.05) is 30.3 Å². The zero-order valence-electron chi connectivity index (χ0n) is 17.1. The van der Waals surface area contributed by atoms with Gasteiger partial charge in [0, 0.05) is 19.7 Å². The maximum Gasteiger partial charge on any atom is 0.253 e. The van der Waals surface area contributed by atoms with Crippen molar-refractivity contribution in [2.75, 3.05) is 19.7 Å². The lowest BCUT2D eigenvalue weighted by molar-refractivity contribution is -0.144. The lowest BCUT2D eigenvalue weighted by atomic mass is 10.1. The van der Waals surface area contributed by atoms with Gasteiger partial charge in [-0.3, -0.25) is 14.4 Å². The minimum absolute atomic E-state index is 0.0216. The van der Waals surface area contributed by atoms with Crippen molar-refractivity contribution in [2.45, 2.75) is 54.9 Å². The smallest absolute Gasteiger partial charge is 0.253 e. The maximum atomic E-state index is 13.0. The monoisotopic (exact) mass is 435 g/mol. The van der Waals surface area contributed by atoms with Crippen LogP contribution in [-0.2, 0) is 25.5 Å². The number of aliphatic hydroxyl groups excluding tert-OH is 1. The van der Waals surface area contributed by atoms with Crippen molar-refractivity contribution in [3.05, 3.63) is 35.9 Å². The Morgan fingerprint density at radius 1 is 1.37 bits per heavy atom. The first-order valence-corrected chi connectivity index (χ1v) is 11.1. The van der Waals surface area contributed by atoms with Gasteiger partial charge in [-0.05, 0) is 38.2 Å². The highest BCUT2D eigenvalue weighted by molar-refractivity contribution is 8.02. The summed E-state index contributed by atoms with van der Waals surface area (Å²) in [4.78, 5) is 39.0. The number of aliphatic hydroxyl groups is 1. The first-order chi connectivity index (χ1) is 14.3. The first-order valence-electron chi connectivity index (χ1n) is 10.2. The second-order valence-electron chi connectivity index (χ2n) is 7.95. The summed E-state index contributed by atoms with van der Waals surface area (Å²) in [6.45, 7) is 2.62. The zero-order chi connectivity index (χ0) is 21.7. The molecule has 3 amide bonds. The fraction of sp³-hybridized carbons (Fsp3) is 0.571. The molecule has 0 spiro atoms. The van der Waals surface area contributed by atoms with Crippen LogP contribution >= 0.6 is 11.8 Å². The number of ether oxygens (including phenoxy) is 1. The summed E-state index contributed by atoms with van der Waals surface area (Å²) in [7, 11) is 0. The second-order valence-corrected chi connectivity index (χ2v) is 9.53. The summed E-state index contributed by atoms with van der Waals surface area (Å²) in [5, 5.41) is 12.4. The Morgan fingerprint density at radius 3 is 2.73 bits per heavy atom. The highest BCUT2D eigenvalue weighted by atomic mass is 32.2. The Kier molecular flexibility index (Phi) is 7.38. The lowest BCUT2D eigenvalue weighted by Gasteiger charge is -2.26. The topological polar surface area (TPSA) is 122 Å². The highest BCUT2D eigenvalue weighted by Crippen LogP contribution is 2.40. The number of hydrogen-bond donors (Lipinski definition) is 3. The third-order valence-corrected chi connectivity index (χ3v) is 7.06. The minimum Gasteiger partial charge on any atom is -0.383 e. The van der Waals surface area contributed by atoms with Gasteiger partial charge >= 0.3 is 0 Å². The molecule has 0 radical (unpaired) electrons. The number of primary amides is 1. The minimum atomic E-state index is -1.27. The molecule has 2 aliphatic heterocycles. The lowest BCUT2D eigenvalue weighted by Crippen LogP contribution is -2.50. The van der Waals surface area contributed by atoms with Crippen LogP contribution in [0.2, 0.25) is 0 Å². The van der Waals surface area contributed by atoms with Crippen LogP contribution in [0, 0.1) is 0 Å². The average molecular weight is 436 g/mol. The van der Waals surface area contributed by atoms with Crippen LogP contribution in [0.5, 0.6) is 0 Å². The van der Waals surface area contributed by atoms with Gasteiger partial charge in [-0.15, -0.1) is 11.8 Å². The number of aryl methyl sites for hydroxylation is 1. The number of amides is 3. The Labute approximate surface area is 180 Å². The van der Waals surface area contributed by atoms with Crippen LogP contribution in [0.3, 0.4) is 0 Å². The van der Waals surface area contributed by atoms with E-state index >= 15 is 0 Å². The number of carbonyl (C=O) groups excluding carboxylic acids is 3. The standard InChI is InChI=1S/C21H29N3O5S/c1-21(20(22)28)13-24(18(27)16(25)10-9-14-6-3-2-4-7-14)19(30-21)17(26)23-12-15-8-5-11-29-15/h2-4,6-7,15-16,19,25H,5,8-13H2,1H3,(H2,22,28)(H,23,26)/t15?,16-,19+,21+/m0/s1. The molecule has 0 aromatic heterocycles.